The molecule has 0 aliphatic heterocycles. The van der Waals surface area contributed by atoms with Crippen molar-refractivity contribution in [1.82, 2.24) is 5.43 Å². The van der Waals surface area contributed by atoms with Gasteiger partial charge in [0, 0.05) is 15.1 Å². The zero-order chi connectivity index (χ0) is 15.4. The zero-order valence-corrected chi connectivity index (χ0v) is 13.7. The number of benzene rings is 2. The summed E-state index contributed by atoms with van der Waals surface area (Å²) in [4.78, 5) is 0. The van der Waals surface area contributed by atoms with Crippen molar-refractivity contribution in [2.45, 2.75) is 12.5 Å². The van der Waals surface area contributed by atoms with E-state index in [1.807, 2.05) is 0 Å². The monoisotopic (exact) mass is 372 g/mol. The van der Waals surface area contributed by atoms with Gasteiger partial charge < -0.3 is 4.74 Å². The van der Waals surface area contributed by atoms with Gasteiger partial charge in [0.05, 0.1) is 13.2 Å². The molecule has 3 nitrogen and oxygen atoms in total. The van der Waals surface area contributed by atoms with Crippen LogP contribution in [0.2, 0.25) is 5.02 Å². The van der Waals surface area contributed by atoms with Crippen LogP contribution in [0.3, 0.4) is 0 Å². The van der Waals surface area contributed by atoms with Crippen molar-refractivity contribution in [3.63, 3.8) is 0 Å². The van der Waals surface area contributed by atoms with Crippen molar-refractivity contribution >= 4 is 27.5 Å². The normalized spacial score (nSPS) is 12.2. The van der Waals surface area contributed by atoms with Gasteiger partial charge in [-0.15, -0.1) is 0 Å². The summed E-state index contributed by atoms with van der Waals surface area (Å²) in [5.41, 5.74) is 4.03. The largest absolute Gasteiger partial charge is 0.496 e. The molecule has 0 fully saturated rings. The fourth-order valence-corrected chi connectivity index (χ4v) is 2.74. The quantitative estimate of drug-likeness (QED) is 0.615. The molecule has 21 heavy (non-hydrogen) atoms. The fraction of sp³-hybridized carbons (Fsp3) is 0.200. The molecule has 0 aliphatic carbocycles. The molecule has 0 saturated heterocycles. The van der Waals surface area contributed by atoms with E-state index in [0.29, 0.717) is 22.8 Å². The molecule has 0 heterocycles. The second kappa shape index (κ2) is 7.22. The van der Waals surface area contributed by atoms with E-state index in [1.54, 1.807) is 37.4 Å². The van der Waals surface area contributed by atoms with Crippen LogP contribution >= 0.6 is 27.5 Å². The molecule has 0 saturated carbocycles. The first-order valence-electron chi connectivity index (χ1n) is 6.28. The molecular formula is C15H15BrClFN2O. The minimum Gasteiger partial charge on any atom is -0.496 e. The minimum atomic E-state index is -0.317. The molecule has 0 aromatic heterocycles. The highest BCUT2D eigenvalue weighted by Gasteiger charge is 2.18. The number of hydrogen-bond acceptors (Lipinski definition) is 3. The molecule has 2 aromatic rings. The van der Waals surface area contributed by atoms with Crippen LogP contribution in [-0.4, -0.2) is 7.11 Å². The first-order valence-corrected chi connectivity index (χ1v) is 7.45. The number of methoxy groups -OCH3 is 1. The SMILES string of the molecule is COc1ccc(Cl)cc1C(Cc1cc(Br)ccc1F)NN. The van der Waals surface area contributed by atoms with Gasteiger partial charge in [0.1, 0.15) is 11.6 Å². The Balaban J connectivity index is 2.36. The molecule has 6 heteroatoms. The van der Waals surface area contributed by atoms with Crippen molar-refractivity contribution in [1.29, 1.82) is 0 Å². The predicted molar refractivity (Wildman–Crippen MR) is 85.9 cm³/mol. The van der Waals surface area contributed by atoms with Crippen LogP contribution in [0.4, 0.5) is 4.39 Å². The first kappa shape index (κ1) is 16.2. The number of nitrogens with two attached hydrogens (primary N) is 1. The number of ether oxygens (including phenoxy) is 1. The number of halogens is 3. The van der Waals surface area contributed by atoms with Crippen molar-refractivity contribution in [3.8, 4) is 5.75 Å². The highest BCUT2D eigenvalue weighted by Crippen LogP contribution is 2.31. The van der Waals surface area contributed by atoms with Gasteiger partial charge in [-0.1, -0.05) is 27.5 Å². The van der Waals surface area contributed by atoms with Gasteiger partial charge in [-0.05, 0) is 48.4 Å². The van der Waals surface area contributed by atoms with Crippen LogP contribution < -0.4 is 16.0 Å². The summed E-state index contributed by atoms with van der Waals surface area (Å²) in [6.07, 6.45) is 0.373. The number of hydrogen-bond donors (Lipinski definition) is 2. The van der Waals surface area contributed by atoms with Crippen LogP contribution in [0.15, 0.2) is 40.9 Å². The Morgan fingerprint density at radius 3 is 2.76 bits per heavy atom. The summed E-state index contributed by atoms with van der Waals surface area (Å²) in [5, 5.41) is 0.570. The van der Waals surface area contributed by atoms with E-state index in [4.69, 9.17) is 22.2 Å². The number of nitrogens with one attached hydrogen (secondary N) is 1. The van der Waals surface area contributed by atoms with Crippen LogP contribution in [0.25, 0.3) is 0 Å². The van der Waals surface area contributed by atoms with E-state index in [-0.39, 0.29) is 11.9 Å². The Bertz CT molecular complexity index is 639. The van der Waals surface area contributed by atoms with E-state index < -0.39 is 0 Å². The lowest BCUT2D eigenvalue weighted by Gasteiger charge is -2.20. The van der Waals surface area contributed by atoms with Gasteiger partial charge in [0.15, 0.2) is 0 Å². The minimum absolute atomic E-state index is 0.278. The van der Waals surface area contributed by atoms with Crippen molar-refractivity contribution in [2.75, 3.05) is 7.11 Å². The summed E-state index contributed by atoms with van der Waals surface area (Å²) in [7, 11) is 1.57. The Morgan fingerprint density at radius 2 is 2.10 bits per heavy atom. The maximum atomic E-state index is 13.9. The lowest BCUT2D eigenvalue weighted by molar-refractivity contribution is 0.398. The molecule has 0 spiro atoms. The van der Waals surface area contributed by atoms with Crippen LogP contribution in [-0.2, 0) is 6.42 Å². The average Bonchev–Trinajstić information content (AvgIpc) is 2.48. The van der Waals surface area contributed by atoms with Crippen molar-refractivity contribution in [2.24, 2.45) is 5.84 Å². The molecule has 0 amide bonds. The smallest absolute Gasteiger partial charge is 0.126 e. The molecule has 2 rings (SSSR count). The third kappa shape index (κ3) is 3.95. The summed E-state index contributed by atoms with van der Waals surface area (Å²) >= 11 is 9.37. The summed E-state index contributed by atoms with van der Waals surface area (Å²) < 4.78 is 20.0. The molecule has 0 aliphatic rings. The van der Waals surface area contributed by atoms with Crippen LogP contribution in [0.1, 0.15) is 17.2 Å². The second-order valence-corrected chi connectivity index (χ2v) is 5.90. The Hall–Kier alpha value is -1.14. The first-order chi connectivity index (χ1) is 10.0. The van der Waals surface area contributed by atoms with Gasteiger partial charge in [-0.25, -0.2) is 4.39 Å². The van der Waals surface area contributed by atoms with Crippen molar-refractivity contribution in [3.05, 3.63) is 62.8 Å². The van der Waals surface area contributed by atoms with Gasteiger partial charge in [0.25, 0.3) is 0 Å². The lowest BCUT2D eigenvalue weighted by Crippen LogP contribution is -2.30. The molecule has 0 bridgehead atoms. The molecule has 0 radical (unpaired) electrons. The Kier molecular flexibility index (Phi) is 5.58. The van der Waals surface area contributed by atoms with E-state index in [1.165, 1.54) is 6.07 Å². The molecule has 112 valence electrons. The van der Waals surface area contributed by atoms with Crippen LogP contribution in [0, 0.1) is 5.82 Å². The average molecular weight is 374 g/mol. The van der Waals surface area contributed by atoms with Crippen LogP contribution in [0.5, 0.6) is 5.75 Å². The molecule has 2 aromatic carbocycles. The molecular weight excluding hydrogens is 359 g/mol. The third-order valence-corrected chi connectivity index (χ3v) is 3.93. The lowest BCUT2D eigenvalue weighted by atomic mass is 9.98. The molecule has 1 atom stereocenters. The fourth-order valence-electron chi connectivity index (χ4n) is 2.16. The Morgan fingerprint density at radius 1 is 1.33 bits per heavy atom. The predicted octanol–water partition coefficient (Wildman–Crippen LogP) is 4.00. The van der Waals surface area contributed by atoms with E-state index in [2.05, 4.69) is 21.4 Å². The standard InChI is InChI=1S/C15H15BrClFN2O/c1-21-15-5-3-11(17)8-12(15)14(20-19)7-9-6-10(16)2-4-13(9)18/h2-6,8,14,20H,7,19H2,1H3. The topological polar surface area (TPSA) is 47.3 Å². The highest BCUT2D eigenvalue weighted by molar-refractivity contribution is 9.10. The van der Waals surface area contributed by atoms with E-state index >= 15 is 0 Å². The summed E-state index contributed by atoms with van der Waals surface area (Å²) in [5.74, 6) is 6.00. The Labute approximate surface area is 136 Å². The maximum absolute atomic E-state index is 13.9. The summed E-state index contributed by atoms with van der Waals surface area (Å²) in [6, 6.07) is 9.75. The van der Waals surface area contributed by atoms with Gasteiger partial charge >= 0.3 is 0 Å². The third-order valence-electron chi connectivity index (χ3n) is 3.20. The zero-order valence-electron chi connectivity index (χ0n) is 11.4. The highest BCUT2D eigenvalue weighted by atomic mass is 79.9. The van der Waals surface area contributed by atoms with E-state index in [9.17, 15) is 4.39 Å². The van der Waals surface area contributed by atoms with Gasteiger partial charge in [-0.3, -0.25) is 11.3 Å². The van der Waals surface area contributed by atoms with Gasteiger partial charge in [0.2, 0.25) is 0 Å². The van der Waals surface area contributed by atoms with Gasteiger partial charge in [-0.2, -0.15) is 0 Å². The maximum Gasteiger partial charge on any atom is 0.126 e. The molecule has 1 unspecified atom stereocenters. The number of rotatable bonds is 5. The number of hydrazine groups is 1. The second-order valence-electron chi connectivity index (χ2n) is 4.55. The van der Waals surface area contributed by atoms with E-state index in [0.717, 1.165) is 10.0 Å². The summed E-state index contributed by atoms with van der Waals surface area (Å²) in [6.45, 7) is 0. The molecule has 3 N–H and O–H groups in total. The van der Waals surface area contributed by atoms with Crippen molar-refractivity contribution < 1.29 is 9.13 Å².